The third kappa shape index (κ3) is 4.20. The van der Waals surface area contributed by atoms with E-state index in [0.29, 0.717) is 11.5 Å². The molecule has 0 unspecified atom stereocenters. The van der Waals surface area contributed by atoms with Crippen molar-refractivity contribution in [2.75, 3.05) is 29.9 Å². The molecule has 1 aromatic rings. The minimum absolute atomic E-state index is 0.288. The summed E-state index contributed by atoms with van der Waals surface area (Å²) in [5, 5.41) is 3.50. The Hall–Kier alpha value is -1.07. The molecule has 2 aliphatic heterocycles. The highest BCUT2D eigenvalue weighted by atomic mass is 32.2. The molecule has 0 amide bonds. The van der Waals surface area contributed by atoms with Crippen molar-refractivity contribution < 1.29 is 8.42 Å². The summed E-state index contributed by atoms with van der Waals surface area (Å²) in [4.78, 5) is 2.49. The normalized spacial score (nSPS) is 23.2. The first-order chi connectivity index (χ1) is 10.1. The lowest BCUT2D eigenvalue weighted by molar-refractivity contribution is 0.331. The Labute approximate surface area is 127 Å². The summed E-state index contributed by atoms with van der Waals surface area (Å²) in [5.74, 6) is 0.635. The van der Waals surface area contributed by atoms with Gasteiger partial charge in [-0.05, 0) is 56.5 Å². The fourth-order valence-electron chi connectivity index (χ4n) is 3.23. The number of anilines is 1. The predicted molar refractivity (Wildman–Crippen MR) is 86.3 cm³/mol. The first-order valence-electron chi connectivity index (χ1n) is 7.89. The van der Waals surface area contributed by atoms with Gasteiger partial charge in [0.25, 0.3) is 0 Å². The Morgan fingerprint density at radius 1 is 1.14 bits per heavy atom. The molecule has 5 heteroatoms. The van der Waals surface area contributed by atoms with Gasteiger partial charge < -0.3 is 5.32 Å². The van der Waals surface area contributed by atoms with Crippen molar-refractivity contribution in [2.24, 2.45) is 0 Å². The van der Waals surface area contributed by atoms with E-state index in [1.165, 1.54) is 31.5 Å². The van der Waals surface area contributed by atoms with E-state index in [2.05, 4.69) is 34.5 Å². The molecule has 1 N–H and O–H groups in total. The second-order valence-electron chi connectivity index (χ2n) is 6.25. The largest absolute Gasteiger partial charge is 0.382 e. The van der Waals surface area contributed by atoms with Crippen LogP contribution in [0.4, 0.5) is 5.69 Å². The van der Waals surface area contributed by atoms with Crippen LogP contribution in [0.3, 0.4) is 0 Å². The molecule has 2 heterocycles. The number of nitrogens with zero attached hydrogens (tertiary/aromatic N) is 1. The maximum atomic E-state index is 11.5. The van der Waals surface area contributed by atoms with Crippen molar-refractivity contribution in [1.29, 1.82) is 0 Å². The van der Waals surface area contributed by atoms with Gasteiger partial charge in [0, 0.05) is 18.3 Å². The molecule has 0 saturated carbocycles. The number of benzene rings is 1. The zero-order valence-corrected chi connectivity index (χ0v) is 13.2. The van der Waals surface area contributed by atoms with Crippen LogP contribution in [0.15, 0.2) is 24.3 Å². The molecule has 116 valence electrons. The summed E-state index contributed by atoms with van der Waals surface area (Å²) >= 11 is 0. The SMILES string of the molecule is O=S1(=O)CCC(Nc2cccc(CN3CCCC3)c2)CC1. The third-order valence-corrected chi connectivity index (χ3v) is 6.17. The van der Waals surface area contributed by atoms with Gasteiger partial charge in [-0.25, -0.2) is 8.42 Å². The van der Waals surface area contributed by atoms with Gasteiger partial charge in [-0.3, -0.25) is 4.90 Å². The molecule has 2 aliphatic rings. The Balaban J connectivity index is 1.58. The van der Waals surface area contributed by atoms with E-state index in [-0.39, 0.29) is 6.04 Å². The Morgan fingerprint density at radius 2 is 1.86 bits per heavy atom. The fourth-order valence-corrected chi connectivity index (χ4v) is 4.72. The van der Waals surface area contributed by atoms with Gasteiger partial charge in [0.1, 0.15) is 9.84 Å². The first kappa shape index (κ1) is 14.9. The van der Waals surface area contributed by atoms with Gasteiger partial charge in [0.05, 0.1) is 11.5 Å². The highest BCUT2D eigenvalue weighted by Gasteiger charge is 2.23. The van der Waals surface area contributed by atoms with Crippen LogP contribution in [-0.2, 0) is 16.4 Å². The van der Waals surface area contributed by atoms with Crippen molar-refractivity contribution in [1.82, 2.24) is 4.90 Å². The van der Waals surface area contributed by atoms with Gasteiger partial charge in [-0.15, -0.1) is 0 Å². The third-order valence-electron chi connectivity index (χ3n) is 4.46. The van der Waals surface area contributed by atoms with Gasteiger partial charge in [-0.1, -0.05) is 12.1 Å². The van der Waals surface area contributed by atoms with E-state index in [1.807, 2.05) is 0 Å². The van der Waals surface area contributed by atoms with Crippen LogP contribution < -0.4 is 5.32 Å². The van der Waals surface area contributed by atoms with Crippen molar-refractivity contribution in [2.45, 2.75) is 38.3 Å². The molecular formula is C16H24N2O2S. The minimum Gasteiger partial charge on any atom is -0.382 e. The molecular weight excluding hydrogens is 284 g/mol. The van der Waals surface area contributed by atoms with E-state index in [0.717, 1.165) is 25.1 Å². The zero-order valence-electron chi connectivity index (χ0n) is 12.4. The molecule has 0 aromatic heterocycles. The zero-order chi connectivity index (χ0) is 14.7. The predicted octanol–water partition coefficient (Wildman–Crippen LogP) is 2.27. The summed E-state index contributed by atoms with van der Waals surface area (Å²) in [7, 11) is -2.78. The molecule has 2 saturated heterocycles. The van der Waals surface area contributed by atoms with Crippen LogP contribution in [0.5, 0.6) is 0 Å². The minimum atomic E-state index is -2.78. The summed E-state index contributed by atoms with van der Waals surface area (Å²) in [6.07, 6.45) is 4.07. The molecule has 0 spiro atoms. The van der Waals surface area contributed by atoms with Gasteiger partial charge in [-0.2, -0.15) is 0 Å². The second kappa shape index (κ2) is 6.36. The highest BCUT2D eigenvalue weighted by molar-refractivity contribution is 7.91. The smallest absolute Gasteiger partial charge is 0.150 e. The topological polar surface area (TPSA) is 49.4 Å². The molecule has 1 aromatic carbocycles. The fraction of sp³-hybridized carbons (Fsp3) is 0.625. The molecule has 21 heavy (non-hydrogen) atoms. The number of rotatable bonds is 4. The summed E-state index contributed by atoms with van der Waals surface area (Å²) in [6.45, 7) is 3.44. The molecule has 0 radical (unpaired) electrons. The van der Waals surface area contributed by atoms with E-state index < -0.39 is 9.84 Å². The van der Waals surface area contributed by atoms with Gasteiger partial charge in [0.2, 0.25) is 0 Å². The molecule has 2 fully saturated rings. The average molecular weight is 308 g/mol. The Kier molecular flexibility index (Phi) is 4.50. The number of sulfone groups is 1. The molecule has 4 nitrogen and oxygen atoms in total. The maximum absolute atomic E-state index is 11.5. The van der Waals surface area contributed by atoms with Gasteiger partial charge in [0.15, 0.2) is 0 Å². The number of hydrogen-bond acceptors (Lipinski definition) is 4. The second-order valence-corrected chi connectivity index (χ2v) is 8.56. The highest BCUT2D eigenvalue weighted by Crippen LogP contribution is 2.20. The number of nitrogens with one attached hydrogen (secondary N) is 1. The van der Waals surface area contributed by atoms with Crippen LogP contribution >= 0.6 is 0 Å². The maximum Gasteiger partial charge on any atom is 0.150 e. The van der Waals surface area contributed by atoms with E-state index in [1.54, 1.807) is 0 Å². The standard InChI is InChI=1S/C16H24N2O2S/c19-21(20)10-6-15(7-11-21)17-16-5-3-4-14(12-16)13-18-8-1-2-9-18/h3-5,12,15,17H,1-2,6-11,13H2. The molecule has 0 bridgehead atoms. The lowest BCUT2D eigenvalue weighted by Crippen LogP contribution is -2.32. The molecule has 0 atom stereocenters. The van der Waals surface area contributed by atoms with Crippen molar-refractivity contribution in [3.05, 3.63) is 29.8 Å². The lowest BCUT2D eigenvalue weighted by Gasteiger charge is -2.24. The van der Waals surface area contributed by atoms with Crippen LogP contribution in [0.25, 0.3) is 0 Å². The van der Waals surface area contributed by atoms with Crippen LogP contribution in [0, 0.1) is 0 Å². The van der Waals surface area contributed by atoms with Crippen molar-refractivity contribution >= 4 is 15.5 Å². The Bertz CT molecular complexity index is 566. The number of likely N-dealkylation sites (tertiary alicyclic amines) is 1. The van der Waals surface area contributed by atoms with Crippen molar-refractivity contribution in [3.8, 4) is 0 Å². The van der Waals surface area contributed by atoms with Gasteiger partial charge >= 0.3 is 0 Å². The van der Waals surface area contributed by atoms with Crippen molar-refractivity contribution in [3.63, 3.8) is 0 Å². The lowest BCUT2D eigenvalue weighted by atomic mass is 10.1. The number of hydrogen-bond donors (Lipinski definition) is 1. The summed E-state index contributed by atoms with van der Waals surface area (Å²) in [6, 6.07) is 8.84. The van der Waals surface area contributed by atoms with E-state index >= 15 is 0 Å². The summed E-state index contributed by atoms with van der Waals surface area (Å²) in [5.41, 5.74) is 2.46. The van der Waals surface area contributed by atoms with Crippen LogP contribution in [0.2, 0.25) is 0 Å². The Morgan fingerprint density at radius 3 is 2.57 bits per heavy atom. The first-order valence-corrected chi connectivity index (χ1v) is 9.71. The van der Waals surface area contributed by atoms with E-state index in [9.17, 15) is 8.42 Å². The molecule has 0 aliphatic carbocycles. The van der Waals surface area contributed by atoms with E-state index in [4.69, 9.17) is 0 Å². The monoisotopic (exact) mass is 308 g/mol. The molecule has 3 rings (SSSR count). The van der Waals surface area contributed by atoms with Crippen LogP contribution in [-0.4, -0.2) is 44.0 Å². The summed E-state index contributed by atoms with van der Waals surface area (Å²) < 4.78 is 22.9. The average Bonchev–Trinajstić information content (AvgIpc) is 2.95. The quantitative estimate of drug-likeness (QED) is 0.927. The van der Waals surface area contributed by atoms with Crippen LogP contribution in [0.1, 0.15) is 31.2 Å².